The summed E-state index contributed by atoms with van der Waals surface area (Å²) in [7, 11) is 0. The highest BCUT2D eigenvalue weighted by molar-refractivity contribution is 5.38. The summed E-state index contributed by atoms with van der Waals surface area (Å²) in [5, 5.41) is 9.80. The summed E-state index contributed by atoms with van der Waals surface area (Å²) in [5.74, 6) is 0.388. The molecule has 18 heavy (non-hydrogen) atoms. The van der Waals surface area contributed by atoms with Gasteiger partial charge in [0.1, 0.15) is 5.75 Å². The molecule has 0 saturated heterocycles. The maximum absolute atomic E-state index is 12.0. The first-order valence-corrected chi connectivity index (χ1v) is 5.96. The van der Waals surface area contributed by atoms with Crippen LogP contribution in [0.25, 0.3) is 0 Å². The van der Waals surface area contributed by atoms with Gasteiger partial charge in [0, 0.05) is 0 Å². The Morgan fingerprint density at radius 3 is 2.83 bits per heavy atom. The molecule has 1 aliphatic carbocycles. The van der Waals surface area contributed by atoms with E-state index in [-0.39, 0.29) is 0 Å². The van der Waals surface area contributed by atoms with Crippen molar-refractivity contribution in [3.05, 3.63) is 29.3 Å². The highest BCUT2D eigenvalue weighted by atomic mass is 19.4. The lowest BCUT2D eigenvalue weighted by atomic mass is 9.89. The van der Waals surface area contributed by atoms with Crippen molar-refractivity contribution in [1.29, 1.82) is 0 Å². The van der Waals surface area contributed by atoms with Gasteiger partial charge in [-0.3, -0.25) is 0 Å². The minimum Gasteiger partial charge on any atom is -0.493 e. The Balaban J connectivity index is 2.00. The zero-order valence-corrected chi connectivity index (χ0v) is 9.83. The van der Waals surface area contributed by atoms with Crippen LogP contribution in [0, 0.1) is 0 Å². The molecule has 1 aliphatic rings. The Kier molecular flexibility index (Phi) is 3.80. The maximum atomic E-state index is 12.0. The molecule has 1 N–H and O–H groups in total. The number of alkyl halides is 3. The van der Waals surface area contributed by atoms with Crippen molar-refractivity contribution in [3.63, 3.8) is 0 Å². The lowest BCUT2D eigenvalue weighted by molar-refractivity contribution is -0.139. The average molecular weight is 260 g/mol. The molecule has 1 aromatic carbocycles. The SMILES string of the molecule is OC1CCCc2ccc(OCCC(F)(F)F)cc21. The summed E-state index contributed by atoms with van der Waals surface area (Å²) >= 11 is 0. The van der Waals surface area contributed by atoms with Gasteiger partial charge in [0.15, 0.2) is 0 Å². The van der Waals surface area contributed by atoms with Crippen molar-refractivity contribution in [1.82, 2.24) is 0 Å². The van der Waals surface area contributed by atoms with Crippen LogP contribution in [0.4, 0.5) is 13.2 Å². The number of rotatable bonds is 3. The van der Waals surface area contributed by atoms with E-state index in [2.05, 4.69) is 0 Å². The van der Waals surface area contributed by atoms with E-state index in [0.29, 0.717) is 12.2 Å². The first-order chi connectivity index (χ1) is 8.46. The summed E-state index contributed by atoms with van der Waals surface area (Å²) < 4.78 is 41.0. The first-order valence-electron chi connectivity index (χ1n) is 5.96. The number of hydrogen-bond acceptors (Lipinski definition) is 2. The fourth-order valence-electron chi connectivity index (χ4n) is 2.13. The van der Waals surface area contributed by atoms with Crippen LogP contribution < -0.4 is 4.74 Å². The molecule has 0 spiro atoms. The molecule has 0 aliphatic heterocycles. The topological polar surface area (TPSA) is 29.5 Å². The minimum absolute atomic E-state index is 0.388. The van der Waals surface area contributed by atoms with Gasteiger partial charge in [0.2, 0.25) is 0 Å². The second kappa shape index (κ2) is 5.18. The van der Waals surface area contributed by atoms with Gasteiger partial charge in [-0.25, -0.2) is 0 Å². The summed E-state index contributed by atoms with van der Waals surface area (Å²) in [6, 6.07) is 5.13. The highest BCUT2D eigenvalue weighted by Gasteiger charge is 2.27. The molecule has 100 valence electrons. The van der Waals surface area contributed by atoms with Crippen LogP contribution in [-0.2, 0) is 6.42 Å². The van der Waals surface area contributed by atoms with E-state index in [9.17, 15) is 18.3 Å². The smallest absolute Gasteiger partial charge is 0.392 e. The van der Waals surface area contributed by atoms with E-state index in [1.165, 1.54) is 0 Å². The minimum atomic E-state index is -4.20. The van der Waals surface area contributed by atoms with Crippen LogP contribution >= 0.6 is 0 Å². The molecule has 2 rings (SSSR count). The quantitative estimate of drug-likeness (QED) is 0.902. The second-order valence-corrected chi connectivity index (χ2v) is 4.48. The van der Waals surface area contributed by atoms with E-state index >= 15 is 0 Å². The van der Waals surface area contributed by atoms with Crippen LogP contribution in [0.3, 0.4) is 0 Å². The van der Waals surface area contributed by atoms with Crippen LogP contribution in [0.2, 0.25) is 0 Å². The Morgan fingerprint density at radius 1 is 1.33 bits per heavy atom. The molecule has 5 heteroatoms. The predicted octanol–water partition coefficient (Wildman–Crippen LogP) is 3.39. The Morgan fingerprint density at radius 2 is 2.11 bits per heavy atom. The number of benzene rings is 1. The molecular weight excluding hydrogens is 245 g/mol. The van der Waals surface area contributed by atoms with Crippen molar-refractivity contribution in [3.8, 4) is 5.75 Å². The van der Waals surface area contributed by atoms with Crippen molar-refractivity contribution in [2.24, 2.45) is 0 Å². The van der Waals surface area contributed by atoms with Gasteiger partial charge in [0.05, 0.1) is 19.1 Å². The molecular formula is C13H15F3O2. The van der Waals surface area contributed by atoms with Crippen molar-refractivity contribution >= 4 is 0 Å². The number of fused-ring (bicyclic) bond motifs is 1. The third kappa shape index (κ3) is 3.38. The van der Waals surface area contributed by atoms with E-state index < -0.39 is 25.3 Å². The van der Waals surface area contributed by atoms with E-state index in [1.54, 1.807) is 12.1 Å². The molecule has 0 amide bonds. The molecule has 0 heterocycles. The first kappa shape index (κ1) is 13.2. The van der Waals surface area contributed by atoms with E-state index in [0.717, 1.165) is 24.0 Å². The number of ether oxygens (including phenoxy) is 1. The van der Waals surface area contributed by atoms with Crippen LogP contribution in [-0.4, -0.2) is 17.9 Å². The summed E-state index contributed by atoms with van der Waals surface area (Å²) in [4.78, 5) is 0. The average Bonchev–Trinajstić information content (AvgIpc) is 2.28. The van der Waals surface area contributed by atoms with Crippen molar-refractivity contribution in [2.45, 2.75) is 38.0 Å². The molecule has 0 bridgehead atoms. The zero-order chi connectivity index (χ0) is 13.2. The highest BCUT2D eigenvalue weighted by Crippen LogP contribution is 2.32. The van der Waals surface area contributed by atoms with Crippen LogP contribution in [0.5, 0.6) is 5.75 Å². The fraction of sp³-hybridized carbons (Fsp3) is 0.538. The molecule has 1 unspecified atom stereocenters. The normalized spacial score (nSPS) is 19.4. The standard InChI is InChI=1S/C13H15F3O2/c14-13(15,16)6-7-18-10-5-4-9-2-1-3-12(17)11(9)8-10/h4-5,8,12,17H,1-3,6-7H2. The van der Waals surface area contributed by atoms with Gasteiger partial charge in [-0.1, -0.05) is 6.07 Å². The number of aliphatic hydroxyl groups excluding tert-OH is 1. The lowest BCUT2D eigenvalue weighted by Gasteiger charge is -2.22. The fourth-order valence-corrected chi connectivity index (χ4v) is 2.13. The number of aryl methyl sites for hydroxylation is 1. The largest absolute Gasteiger partial charge is 0.493 e. The maximum Gasteiger partial charge on any atom is 0.392 e. The van der Waals surface area contributed by atoms with Gasteiger partial charge in [-0.05, 0) is 42.5 Å². The van der Waals surface area contributed by atoms with Gasteiger partial charge < -0.3 is 9.84 Å². The van der Waals surface area contributed by atoms with Gasteiger partial charge >= 0.3 is 6.18 Å². The number of aliphatic hydroxyl groups is 1. The van der Waals surface area contributed by atoms with E-state index in [4.69, 9.17) is 4.74 Å². The summed E-state index contributed by atoms with van der Waals surface area (Å²) in [6.07, 6.45) is -3.17. The van der Waals surface area contributed by atoms with Crippen molar-refractivity contribution in [2.75, 3.05) is 6.61 Å². The predicted molar refractivity (Wildman–Crippen MR) is 60.5 cm³/mol. The lowest BCUT2D eigenvalue weighted by Crippen LogP contribution is -2.14. The monoisotopic (exact) mass is 260 g/mol. The van der Waals surface area contributed by atoms with Gasteiger partial charge in [-0.15, -0.1) is 0 Å². The van der Waals surface area contributed by atoms with E-state index in [1.807, 2.05) is 6.07 Å². The zero-order valence-electron chi connectivity index (χ0n) is 9.83. The number of halogens is 3. The third-order valence-corrected chi connectivity index (χ3v) is 3.05. The van der Waals surface area contributed by atoms with Crippen LogP contribution in [0.15, 0.2) is 18.2 Å². The molecule has 1 aromatic rings. The molecule has 0 radical (unpaired) electrons. The van der Waals surface area contributed by atoms with Crippen LogP contribution in [0.1, 0.15) is 36.5 Å². The molecule has 1 atom stereocenters. The molecule has 0 aromatic heterocycles. The Labute approximate surface area is 103 Å². The summed E-state index contributed by atoms with van der Waals surface area (Å²) in [5.41, 5.74) is 1.84. The molecule has 0 fully saturated rings. The molecule has 0 saturated carbocycles. The second-order valence-electron chi connectivity index (χ2n) is 4.48. The van der Waals surface area contributed by atoms with Gasteiger partial charge in [-0.2, -0.15) is 13.2 Å². The third-order valence-electron chi connectivity index (χ3n) is 3.05. The van der Waals surface area contributed by atoms with Crippen molar-refractivity contribution < 1.29 is 23.0 Å². The molecule has 2 nitrogen and oxygen atoms in total. The summed E-state index contributed by atoms with van der Waals surface area (Å²) in [6.45, 7) is -0.390. The number of hydrogen-bond donors (Lipinski definition) is 1. The Hall–Kier alpha value is -1.23. The van der Waals surface area contributed by atoms with Gasteiger partial charge in [0.25, 0.3) is 0 Å². The Bertz CT molecular complexity index is 415.